The van der Waals surface area contributed by atoms with Crippen molar-refractivity contribution in [2.24, 2.45) is 0 Å². The van der Waals surface area contributed by atoms with Crippen molar-refractivity contribution in [3.8, 4) is 11.5 Å². The van der Waals surface area contributed by atoms with E-state index in [9.17, 15) is 0 Å². The third kappa shape index (κ3) is 5.06. The topological polar surface area (TPSA) is 30.5 Å². The summed E-state index contributed by atoms with van der Waals surface area (Å²) in [5, 5.41) is 4.30. The van der Waals surface area contributed by atoms with Gasteiger partial charge in [-0.25, -0.2) is 0 Å². The molecule has 0 atom stereocenters. The molecule has 2 rings (SSSR count). The molecule has 0 radical (unpaired) electrons. The average Bonchev–Trinajstić information content (AvgIpc) is 2.77. The molecule has 0 amide bonds. The highest BCUT2D eigenvalue weighted by Crippen LogP contribution is 2.36. The van der Waals surface area contributed by atoms with Gasteiger partial charge in [-0.3, -0.25) is 0 Å². The summed E-state index contributed by atoms with van der Waals surface area (Å²) in [6.45, 7) is 5.94. The summed E-state index contributed by atoms with van der Waals surface area (Å²) in [6.07, 6.45) is 7.99. The number of nitrogens with one attached hydrogen (secondary N) is 1. The molecule has 1 N–H and O–H groups in total. The number of benzene rings is 1. The van der Waals surface area contributed by atoms with Gasteiger partial charge in [0.2, 0.25) is 0 Å². The van der Waals surface area contributed by atoms with E-state index in [4.69, 9.17) is 21.1 Å². The van der Waals surface area contributed by atoms with Gasteiger partial charge in [-0.2, -0.15) is 0 Å². The Balaban J connectivity index is 2.03. The van der Waals surface area contributed by atoms with Crippen molar-refractivity contribution in [3.05, 3.63) is 22.7 Å². The lowest BCUT2D eigenvalue weighted by atomic mass is 10.1. The molecule has 22 heavy (non-hydrogen) atoms. The Bertz CT molecular complexity index is 457. The Morgan fingerprint density at radius 2 is 1.73 bits per heavy atom. The van der Waals surface area contributed by atoms with E-state index in [1.807, 2.05) is 26.0 Å². The number of ether oxygens (including phenoxy) is 2. The third-order valence-electron chi connectivity index (χ3n) is 4.11. The van der Waals surface area contributed by atoms with Crippen LogP contribution in [0.1, 0.15) is 57.9 Å². The maximum Gasteiger partial charge on any atom is 0.179 e. The summed E-state index contributed by atoms with van der Waals surface area (Å²) in [7, 11) is 0. The molecule has 3 nitrogen and oxygen atoms in total. The molecule has 0 saturated heterocycles. The van der Waals surface area contributed by atoms with Gasteiger partial charge in [-0.1, -0.05) is 37.3 Å². The van der Waals surface area contributed by atoms with Crippen LogP contribution in [0.3, 0.4) is 0 Å². The lowest BCUT2D eigenvalue weighted by molar-refractivity contribution is 0.287. The minimum atomic E-state index is 0.583. The Morgan fingerprint density at radius 1 is 1.05 bits per heavy atom. The zero-order valence-corrected chi connectivity index (χ0v) is 14.5. The van der Waals surface area contributed by atoms with Crippen LogP contribution >= 0.6 is 11.6 Å². The van der Waals surface area contributed by atoms with E-state index in [2.05, 4.69) is 5.32 Å². The third-order valence-corrected chi connectivity index (χ3v) is 4.39. The fraction of sp³-hybridized carbons (Fsp3) is 0.667. The first-order chi connectivity index (χ1) is 10.7. The summed E-state index contributed by atoms with van der Waals surface area (Å²) in [5.41, 5.74) is 1.15. The Hall–Kier alpha value is -0.930. The molecular weight excluding hydrogens is 298 g/mol. The number of rotatable bonds is 7. The predicted octanol–water partition coefficient (Wildman–Crippen LogP) is 4.95. The molecule has 1 aliphatic rings. The van der Waals surface area contributed by atoms with E-state index in [1.54, 1.807) is 0 Å². The summed E-state index contributed by atoms with van der Waals surface area (Å²) in [5.74, 6) is 1.40. The molecule has 124 valence electrons. The molecule has 1 aromatic carbocycles. The van der Waals surface area contributed by atoms with Crippen LogP contribution in [0.25, 0.3) is 0 Å². The van der Waals surface area contributed by atoms with E-state index in [0.717, 1.165) is 17.9 Å². The summed E-state index contributed by atoms with van der Waals surface area (Å²) in [6, 6.07) is 4.66. The molecule has 0 heterocycles. The largest absolute Gasteiger partial charge is 0.490 e. The number of hydrogen-bond donors (Lipinski definition) is 1. The van der Waals surface area contributed by atoms with Gasteiger partial charge in [0.05, 0.1) is 18.2 Å². The van der Waals surface area contributed by atoms with Crippen LogP contribution in [-0.4, -0.2) is 19.3 Å². The van der Waals surface area contributed by atoms with Gasteiger partial charge in [0.25, 0.3) is 0 Å². The van der Waals surface area contributed by atoms with E-state index in [-0.39, 0.29) is 0 Å². The summed E-state index contributed by atoms with van der Waals surface area (Å²) >= 11 is 6.36. The second kappa shape index (κ2) is 9.26. The first kappa shape index (κ1) is 17.4. The molecule has 0 aromatic heterocycles. The Kier molecular flexibility index (Phi) is 7.34. The molecular formula is C18H28ClNO2. The quantitative estimate of drug-likeness (QED) is 0.719. The Labute approximate surface area is 139 Å². The standard InChI is InChI=1S/C18H28ClNO2/c1-3-21-17-12-14(11-16(19)18(17)22-4-2)13-20-15-9-7-5-6-8-10-15/h11-12,15,20H,3-10,13H2,1-2H3. The van der Waals surface area contributed by atoms with Gasteiger partial charge in [-0.15, -0.1) is 0 Å². The van der Waals surface area contributed by atoms with Crippen molar-refractivity contribution in [2.75, 3.05) is 13.2 Å². The lowest BCUT2D eigenvalue weighted by Gasteiger charge is -2.18. The molecule has 0 unspecified atom stereocenters. The predicted molar refractivity (Wildman–Crippen MR) is 92.1 cm³/mol. The molecule has 1 saturated carbocycles. The van der Waals surface area contributed by atoms with Gasteiger partial charge < -0.3 is 14.8 Å². The Morgan fingerprint density at radius 3 is 2.36 bits per heavy atom. The van der Waals surface area contributed by atoms with E-state index >= 15 is 0 Å². The smallest absolute Gasteiger partial charge is 0.179 e. The van der Waals surface area contributed by atoms with Gasteiger partial charge in [-0.05, 0) is 44.4 Å². The van der Waals surface area contributed by atoms with E-state index in [1.165, 1.54) is 38.5 Å². The first-order valence-corrected chi connectivity index (χ1v) is 8.93. The molecule has 0 bridgehead atoms. The molecule has 0 spiro atoms. The van der Waals surface area contributed by atoms with Crippen LogP contribution in [0, 0.1) is 0 Å². The highest BCUT2D eigenvalue weighted by atomic mass is 35.5. The molecule has 4 heteroatoms. The normalized spacial score (nSPS) is 16.3. The van der Waals surface area contributed by atoms with Crippen molar-refractivity contribution >= 4 is 11.6 Å². The van der Waals surface area contributed by atoms with Crippen LogP contribution in [0.2, 0.25) is 5.02 Å². The van der Waals surface area contributed by atoms with Crippen molar-refractivity contribution in [1.82, 2.24) is 5.32 Å². The van der Waals surface area contributed by atoms with Crippen LogP contribution in [0.4, 0.5) is 0 Å². The van der Waals surface area contributed by atoms with Gasteiger partial charge in [0.1, 0.15) is 0 Å². The number of hydrogen-bond acceptors (Lipinski definition) is 3. The van der Waals surface area contributed by atoms with Crippen LogP contribution in [0.5, 0.6) is 11.5 Å². The summed E-state index contributed by atoms with van der Waals surface area (Å²) < 4.78 is 11.3. The average molecular weight is 326 g/mol. The van der Waals surface area contributed by atoms with E-state index in [0.29, 0.717) is 30.0 Å². The molecule has 1 fully saturated rings. The molecule has 1 aromatic rings. The van der Waals surface area contributed by atoms with Crippen LogP contribution in [-0.2, 0) is 6.54 Å². The monoisotopic (exact) mass is 325 g/mol. The van der Waals surface area contributed by atoms with Crippen LogP contribution in [0.15, 0.2) is 12.1 Å². The zero-order valence-electron chi connectivity index (χ0n) is 13.8. The molecule has 0 aliphatic heterocycles. The minimum Gasteiger partial charge on any atom is -0.490 e. The zero-order chi connectivity index (χ0) is 15.8. The first-order valence-electron chi connectivity index (χ1n) is 8.56. The fourth-order valence-electron chi connectivity index (χ4n) is 3.02. The SMILES string of the molecule is CCOc1cc(CNC2CCCCCC2)cc(Cl)c1OCC. The highest BCUT2D eigenvalue weighted by molar-refractivity contribution is 6.32. The summed E-state index contributed by atoms with van der Waals surface area (Å²) in [4.78, 5) is 0. The van der Waals surface area contributed by atoms with E-state index < -0.39 is 0 Å². The van der Waals surface area contributed by atoms with Crippen molar-refractivity contribution in [3.63, 3.8) is 0 Å². The maximum atomic E-state index is 6.36. The molecule has 1 aliphatic carbocycles. The maximum absolute atomic E-state index is 6.36. The van der Waals surface area contributed by atoms with Gasteiger partial charge in [0, 0.05) is 12.6 Å². The van der Waals surface area contributed by atoms with Gasteiger partial charge in [0.15, 0.2) is 11.5 Å². The second-order valence-corrected chi connectivity index (χ2v) is 6.25. The fourth-order valence-corrected chi connectivity index (χ4v) is 3.30. The van der Waals surface area contributed by atoms with Gasteiger partial charge >= 0.3 is 0 Å². The van der Waals surface area contributed by atoms with Crippen LogP contribution < -0.4 is 14.8 Å². The second-order valence-electron chi connectivity index (χ2n) is 5.84. The minimum absolute atomic E-state index is 0.583. The highest BCUT2D eigenvalue weighted by Gasteiger charge is 2.14. The van der Waals surface area contributed by atoms with Crippen molar-refractivity contribution < 1.29 is 9.47 Å². The van der Waals surface area contributed by atoms with Crippen molar-refractivity contribution in [1.29, 1.82) is 0 Å². The van der Waals surface area contributed by atoms with Crippen molar-refractivity contribution in [2.45, 2.75) is 65.0 Å². The lowest BCUT2D eigenvalue weighted by Crippen LogP contribution is -2.27. The number of halogens is 1.